The molecule has 5 heteroatoms. The molecule has 1 N–H and O–H groups in total. The Morgan fingerprint density at radius 2 is 1.41 bits per heavy atom. The predicted octanol–water partition coefficient (Wildman–Crippen LogP) is 2.37. The fourth-order valence-electron chi connectivity index (χ4n) is 2.14. The highest BCUT2D eigenvalue weighted by molar-refractivity contribution is 6.28. The first-order chi connectivity index (χ1) is 10.6. The molecule has 0 saturated carbocycles. The summed E-state index contributed by atoms with van der Waals surface area (Å²) >= 11 is 0. The number of hydrogen-bond donors (Lipinski definition) is 1. The number of carbonyl (C=O) groups is 3. The van der Waals surface area contributed by atoms with Crippen LogP contribution in [-0.4, -0.2) is 17.7 Å². The van der Waals surface area contributed by atoms with Crippen LogP contribution in [-0.2, 0) is 9.59 Å². The zero-order chi connectivity index (χ0) is 15.5. The van der Waals surface area contributed by atoms with Gasteiger partial charge in [0.25, 0.3) is 17.7 Å². The first kappa shape index (κ1) is 13.8. The summed E-state index contributed by atoms with van der Waals surface area (Å²) in [4.78, 5) is 36.3. The molecule has 1 aliphatic heterocycles. The van der Waals surface area contributed by atoms with Crippen molar-refractivity contribution in [2.75, 3.05) is 10.2 Å². The molecule has 3 amide bonds. The normalized spacial score (nSPS) is 13.5. The highest BCUT2D eigenvalue weighted by atomic mass is 16.2. The fourth-order valence-corrected chi connectivity index (χ4v) is 2.14. The van der Waals surface area contributed by atoms with Crippen molar-refractivity contribution >= 4 is 29.1 Å². The molecule has 0 spiro atoms. The quantitative estimate of drug-likeness (QED) is 0.883. The van der Waals surface area contributed by atoms with E-state index in [0.717, 1.165) is 4.90 Å². The number of imide groups is 1. The molecule has 1 heterocycles. The molecule has 0 bridgehead atoms. The Labute approximate surface area is 126 Å². The lowest BCUT2D eigenvalue weighted by atomic mass is 10.2. The monoisotopic (exact) mass is 292 g/mol. The van der Waals surface area contributed by atoms with E-state index in [9.17, 15) is 14.4 Å². The maximum Gasteiger partial charge on any atom is 0.258 e. The van der Waals surface area contributed by atoms with Gasteiger partial charge in [-0.3, -0.25) is 14.4 Å². The summed E-state index contributed by atoms with van der Waals surface area (Å²) in [7, 11) is 0. The molecule has 2 aromatic carbocycles. The first-order valence-corrected chi connectivity index (χ1v) is 6.68. The lowest BCUT2D eigenvalue weighted by Crippen LogP contribution is -2.29. The van der Waals surface area contributed by atoms with Crippen LogP contribution in [0.4, 0.5) is 11.4 Å². The van der Waals surface area contributed by atoms with Gasteiger partial charge in [-0.1, -0.05) is 18.2 Å². The third-order valence-corrected chi connectivity index (χ3v) is 3.23. The molecule has 0 unspecified atom stereocenters. The van der Waals surface area contributed by atoms with Gasteiger partial charge in [0.05, 0.1) is 5.69 Å². The second-order valence-electron chi connectivity index (χ2n) is 4.71. The number of hydrogen-bond acceptors (Lipinski definition) is 3. The Morgan fingerprint density at radius 1 is 0.818 bits per heavy atom. The maximum atomic E-state index is 12.0. The molecule has 0 saturated heterocycles. The van der Waals surface area contributed by atoms with Crippen LogP contribution in [0.15, 0.2) is 66.7 Å². The van der Waals surface area contributed by atoms with E-state index in [1.54, 1.807) is 48.5 Å². The largest absolute Gasteiger partial charge is 0.322 e. The van der Waals surface area contributed by atoms with Crippen molar-refractivity contribution < 1.29 is 14.4 Å². The summed E-state index contributed by atoms with van der Waals surface area (Å²) in [5, 5.41) is 2.76. The van der Waals surface area contributed by atoms with Gasteiger partial charge in [-0.2, -0.15) is 0 Å². The van der Waals surface area contributed by atoms with E-state index in [1.165, 1.54) is 12.2 Å². The van der Waals surface area contributed by atoms with Crippen molar-refractivity contribution in [2.24, 2.45) is 0 Å². The van der Waals surface area contributed by atoms with E-state index < -0.39 is 0 Å². The molecule has 0 aliphatic carbocycles. The molecule has 108 valence electrons. The van der Waals surface area contributed by atoms with E-state index >= 15 is 0 Å². The molecule has 0 fully saturated rings. The number of nitrogens with one attached hydrogen (secondary N) is 1. The minimum absolute atomic E-state index is 0.219. The zero-order valence-electron chi connectivity index (χ0n) is 11.5. The summed E-state index contributed by atoms with van der Waals surface area (Å²) in [5.74, 6) is -0.958. The van der Waals surface area contributed by atoms with Gasteiger partial charge in [0, 0.05) is 23.4 Å². The van der Waals surface area contributed by atoms with Gasteiger partial charge >= 0.3 is 0 Å². The minimum Gasteiger partial charge on any atom is -0.322 e. The van der Waals surface area contributed by atoms with Crippen molar-refractivity contribution in [1.82, 2.24) is 0 Å². The zero-order valence-corrected chi connectivity index (χ0v) is 11.5. The van der Waals surface area contributed by atoms with E-state index in [1.807, 2.05) is 6.07 Å². The summed E-state index contributed by atoms with van der Waals surface area (Å²) < 4.78 is 0. The van der Waals surface area contributed by atoms with Crippen molar-refractivity contribution in [3.63, 3.8) is 0 Å². The molecule has 0 atom stereocenters. The second kappa shape index (κ2) is 5.65. The second-order valence-corrected chi connectivity index (χ2v) is 4.71. The van der Waals surface area contributed by atoms with Gasteiger partial charge in [-0.05, 0) is 36.4 Å². The number of anilines is 2. The summed E-state index contributed by atoms with van der Waals surface area (Å²) in [5.41, 5.74) is 1.61. The molecule has 5 nitrogen and oxygen atoms in total. The van der Waals surface area contributed by atoms with Gasteiger partial charge < -0.3 is 5.32 Å². The summed E-state index contributed by atoms with van der Waals surface area (Å²) in [6.07, 6.45) is 2.46. The van der Waals surface area contributed by atoms with E-state index in [4.69, 9.17) is 0 Å². The lowest BCUT2D eigenvalue weighted by Gasteiger charge is -2.14. The minimum atomic E-state index is -0.369. The molecule has 22 heavy (non-hydrogen) atoms. The molecule has 0 radical (unpaired) electrons. The molecular weight excluding hydrogens is 280 g/mol. The average molecular weight is 292 g/mol. The van der Waals surface area contributed by atoms with Crippen molar-refractivity contribution in [2.45, 2.75) is 0 Å². The predicted molar refractivity (Wildman–Crippen MR) is 82.5 cm³/mol. The third kappa shape index (κ3) is 2.64. The van der Waals surface area contributed by atoms with Gasteiger partial charge in [0.15, 0.2) is 0 Å². The Morgan fingerprint density at radius 3 is 2.00 bits per heavy atom. The number of benzene rings is 2. The van der Waals surface area contributed by atoms with Gasteiger partial charge in [0.1, 0.15) is 0 Å². The average Bonchev–Trinajstić information content (AvgIpc) is 2.88. The van der Waals surface area contributed by atoms with E-state index in [-0.39, 0.29) is 17.7 Å². The highest BCUT2D eigenvalue weighted by Gasteiger charge is 2.24. The summed E-state index contributed by atoms with van der Waals surface area (Å²) in [6.45, 7) is 0. The van der Waals surface area contributed by atoms with Crippen LogP contribution < -0.4 is 10.2 Å². The van der Waals surface area contributed by atoms with E-state index in [0.29, 0.717) is 16.9 Å². The Hall–Kier alpha value is -3.21. The number of amides is 3. The van der Waals surface area contributed by atoms with Crippen LogP contribution in [0, 0.1) is 0 Å². The Bertz CT molecular complexity index is 746. The van der Waals surface area contributed by atoms with Crippen LogP contribution in [0.5, 0.6) is 0 Å². The Balaban J connectivity index is 1.74. The fraction of sp³-hybridized carbons (Fsp3) is 0. The SMILES string of the molecule is O=C(Nc1ccc(N2C(=O)C=CC2=O)cc1)c1ccccc1. The van der Waals surface area contributed by atoms with Gasteiger partial charge in [-0.25, -0.2) is 4.90 Å². The Kier molecular flexibility index (Phi) is 3.53. The molecule has 0 aromatic heterocycles. The maximum absolute atomic E-state index is 12.0. The van der Waals surface area contributed by atoms with Gasteiger partial charge in [0.2, 0.25) is 0 Å². The molecule has 2 aromatic rings. The van der Waals surface area contributed by atoms with Gasteiger partial charge in [-0.15, -0.1) is 0 Å². The molecule has 1 aliphatic rings. The third-order valence-electron chi connectivity index (χ3n) is 3.23. The summed E-state index contributed by atoms with van der Waals surface area (Å²) in [6, 6.07) is 15.4. The highest BCUT2D eigenvalue weighted by Crippen LogP contribution is 2.21. The lowest BCUT2D eigenvalue weighted by molar-refractivity contribution is -0.119. The topological polar surface area (TPSA) is 66.5 Å². The van der Waals surface area contributed by atoms with Crippen molar-refractivity contribution in [3.05, 3.63) is 72.3 Å². The van der Waals surface area contributed by atoms with Crippen molar-refractivity contribution in [1.29, 1.82) is 0 Å². The van der Waals surface area contributed by atoms with Crippen LogP contribution in [0.1, 0.15) is 10.4 Å². The standard InChI is InChI=1S/C17H12N2O3/c20-15-10-11-16(21)19(15)14-8-6-13(7-9-14)18-17(22)12-4-2-1-3-5-12/h1-11H,(H,18,22). The molecule has 3 rings (SSSR count). The smallest absolute Gasteiger partial charge is 0.258 e. The van der Waals surface area contributed by atoms with Crippen LogP contribution in [0.2, 0.25) is 0 Å². The van der Waals surface area contributed by atoms with Crippen LogP contribution in [0.25, 0.3) is 0 Å². The number of rotatable bonds is 3. The first-order valence-electron chi connectivity index (χ1n) is 6.68. The molecular formula is C17H12N2O3. The van der Waals surface area contributed by atoms with Crippen molar-refractivity contribution in [3.8, 4) is 0 Å². The van der Waals surface area contributed by atoms with Crippen LogP contribution >= 0.6 is 0 Å². The number of nitrogens with zero attached hydrogens (tertiary/aromatic N) is 1. The van der Waals surface area contributed by atoms with Crippen LogP contribution in [0.3, 0.4) is 0 Å². The number of carbonyl (C=O) groups excluding carboxylic acids is 3. The van der Waals surface area contributed by atoms with E-state index in [2.05, 4.69) is 5.32 Å².